The lowest BCUT2D eigenvalue weighted by Gasteiger charge is -2.10. The van der Waals surface area contributed by atoms with Gasteiger partial charge in [0, 0.05) is 12.1 Å². The maximum Gasteiger partial charge on any atom is 0.422 e. The average molecular weight is 305 g/mol. The first-order valence-corrected chi connectivity index (χ1v) is 6.68. The summed E-state index contributed by atoms with van der Waals surface area (Å²) in [4.78, 5) is 20.8. The minimum atomic E-state index is -4.38. The number of ether oxygens (including phenoxy) is 1. The molecule has 20 heavy (non-hydrogen) atoms. The number of phenols is 1. The van der Waals surface area contributed by atoms with Gasteiger partial charge in [-0.25, -0.2) is 9.52 Å². The molecule has 0 atom stereocenters. The van der Waals surface area contributed by atoms with Crippen LogP contribution in [0.3, 0.4) is 0 Å². The molecule has 0 aromatic heterocycles. The zero-order valence-electron chi connectivity index (χ0n) is 10.2. The van der Waals surface area contributed by atoms with Crippen LogP contribution in [0.1, 0.15) is 6.92 Å². The van der Waals surface area contributed by atoms with Gasteiger partial charge in [-0.1, -0.05) is 0 Å². The second-order valence-electron chi connectivity index (χ2n) is 3.39. The summed E-state index contributed by atoms with van der Waals surface area (Å²) in [5.41, 5.74) is -0.882. The Hall–Kier alpha value is -2.56. The topological polar surface area (TPSA) is 148 Å². The second kappa shape index (κ2) is 6.06. The molecular weight excluding hydrogens is 294 g/mol. The minimum absolute atomic E-state index is 0.0383. The van der Waals surface area contributed by atoms with Crippen LogP contribution in [-0.4, -0.2) is 31.1 Å². The van der Waals surface area contributed by atoms with Gasteiger partial charge in [-0.3, -0.25) is 14.8 Å². The highest BCUT2D eigenvalue weighted by Gasteiger charge is 2.18. The molecular formula is C9H11N3O7S. The van der Waals surface area contributed by atoms with Crippen molar-refractivity contribution >= 4 is 27.7 Å². The van der Waals surface area contributed by atoms with Crippen LogP contribution in [0.4, 0.5) is 16.2 Å². The summed E-state index contributed by atoms with van der Waals surface area (Å²) >= 11 is 0. The summed E-state index contributed by atoms with van der Waals surface area (Å²) in [5.74, 6) is -0.537. The molecule has 0 aliphatic rings. The number of nitrogens with zero attached hydrogens (tertiary/aromatic N) is 1. The molecule has 1 aromatic carbocycles. The third-order valence-corrected chi connectivity index (χ3v) is 2.85. The molecule has 0 fully saturated rings. The Balaban J connectivity index is 2.94. The molecule has 0 unspecified atom stereocenters. The summed E-state index contributed by atoms with van der Waals surface area (Å²) in [7, 11) is -4.38. The summed E-state index contributed by atoms with van der Waals surface area (Å²) in [6, 6.07) is 2.74. The van der Waals surface area contributed by atoms with Crippen LogP contribution in [0.2, 0.25) is 0 Å². The quantitative estimate of drug-likeness (QED) is 0.412. The highest BCUT2D eigenvalue weighted by atomic mass is 32.2. The van der Waals surface area contributed by atoms with E-state index in [-0.39, 0.29) is 6.61 Å². The van der Waals surface area contributed by atoms with Gasteiger partial charge in [0.2, 0.25) is 0 Å². The van der Waals surface area contributed by atoms with E-state index >= 15 is 0 Å². The van der Waals surface area contributed by atoms with Gasteiger partial charge in [0.25, 0.3) is 5.69 Å². The maximum atomic E-state index is 11.5. The van der Waals surface area contributed by atoms with Crippen LogP contribution < -0.4 is 9.44 Å². The van der Waals surface area contributed by atoms with Gasteiger partial charge in [0.05, 0.1) is 17.2 Å². The summed E-state index contributed by atoms with van der Waals surface area (Å²) in [6.07, 6.45) is -1.22. The number of nitro benzene ring substituents is 1. The zero-order chi connectivity index (χ0) is 15.3. The Morgan fingerprint density at radius 2 is 2.15 bits per heavy atom. The van der Waals surface area contributed by atoms with E-state index in [1.165, 1.54) is 11.6 Å². The minimum Gasteiger partial charge on any atom is -0.506 e. The van der Waals surface area contributed by atoms with Crippen LogP contribution in [0, 0.1) is 10.1 Å². The number of nitro groups is 1. The molecule has 0 saturated heterocycles. The standard InChI is InChI=1S/C9H11N3O7S/c1-2-19-9(14)11-20(17,18)10-7-5-6(12(15)16)3-4-8(7)13/h3-5,10,13H,2H2,1H3,(H,11,14). The van der Waals surface area contributed by atoms with Crippen molar-refractivity contribution in [1.29, 1.82) is 0 Å². The molecule has 0 aliphatic heterocycles. The van der Waals surface area contributed by atoms with E-state index in [1.807, 2.05) is 0 Å². The third-order valence-electron chi connectivity index (χ3n) is 1.93. The van der Waals surface area contributed by atoms with Gasteiger partial charge in [0.15, 0.2) is 0 Å². The lowest BCUT2D eigenvalue weighted by molar-refractivity contribution is -0.384. The summed E-state index contributed by atoms with van der Waals surface area (Å²) < 4.78 is 30.7. The van der Waals surface area contributed by atoms with Crippen molar-refractivity contribution in [2.75, 3.05) is 11.3 Å². The molecule has 0 saturated carbocycles. The number of amides is 1. The number of non-ortho nitro benzene ring substituents is 1. The van der Waals surface area contributed by atoms with Gasteiger partial charge in [0.1, 0.15) is 5.75 Å². The number of hydrogen-bond acceptors (Lipinski definition) is 7. The van der Waals surface area contributed by atoms with Crippen molar-refractivity contribution in [3.05, 3.63) is 28.3 Å². The Morgan fingerprint density at radius 1 is 1.50 bits per heavy atom. The SMILES string of the molecule is CCOC(=O)NS(=O)(=O)Nc1cc([N+](=O)[O-])ccc1O. The number of carbonyl (C=O) groups is 1. The highest BCUT2D eigenvalue weighted by Crippen LogP contribution is 2.28. The normalized spacial score (nSPS) is 10.7. The molecule has 11 heteroatoms. The van der Waals surface area contributed by atoms with Crippen LogP contribution >= 0.6 is 0 Å². The van der Waals surface area contributed by atoms with E-state index < -0.39 is 38.4 Å². The van der Waals surface area contributed by atoms with E-state index in [0.717, 1.165) is 18.2 Å². The number of aromatic hydroxyl groups is 1. The van der Waals surface area contributed by atoms with Crippen LogP contribution in [0.25, 0.3) is 0 Å². The molecule has 0 heterocycles. The number of phenolic OH excluding ortho intramolecular Hbond substituents is 1. The zero-order valence-corrected chi connectivity index (χ0v) is 11.0. The van der Waals surface area contributed by atoms with Gasteiger partial charge in [-0.15, -0.1) is 0 Å². The number of rotatable bonds is 5. The van der Waals surface area contributed by atoms with Crippen molar-refractivity contribution < 1.29 is 28.0 Å². The van der Waals surface area contributed by atoms with Gasteiger partial charge in [-0.05, 0) is 13.0 Å². The molecule has 0 spiro atoms. The van der Waals surface area contributed by atoms with Crippen molar-refractivity contribution in [3.8, 4) is 5.75 Å². The Bertz CT molecular complexity index is 628. The number of nitrogens with one attached hydrogen (secondary N) is 2. The highest BCUT2D eigenvalue weighted by molar-refractivity contribution is 7.91. The fourth-order valence-electron chi connectivity index (χ4n) is 1.16. The monoisotopic (exact) mass is 305 g/mol. The first-order chi connectivity index (χ1) is 9.25. The summed E-state index contributed by atoms with van der Waals surface area (Å²) in [6.45, 7) is 1.44. The van der Waals surface area contributed by atoms with E-state index in [1.54, 1.807) is 4.72 Å². The lowest BCUT2D eigenvalue weighted by Crippen LogP contribution is -2.35. The number of benzene rings is 1. The Morgan fingerprint density at radius 3 is 2.70 bits per heavy atom. The molecule has 1 rings (SSSR count). The largest absolute Gasteiger partial charge is 0.506 e. The predicted octanol–water partition coefficient (Wildman–Crippen LogP) is 0.703. The van der Waals surface area contributed by atoms with E-state index in [9.17, 15) is 28.4 Å². The number of hydrogen-bond donors (Lipinski definition) is 3. The number of carbonyl (C=O) groups excluding carboxylic acids is 1. The van der Waals surface area contributed by atoms with Crippen molar-refractivity contribution in [1.82, 2.24) is 4.72 Å². The molecule has 0 aliphatic carbocycles. The van der Waals surface area contributed by atoms with E-state index in [2.05, 4.69) is 4.74 Å². The molecule has 3 N–H and O–H groups in total. The third kappa shape index (κ3) is 4.28. The first kappa shape index (κ1) is 15.5. The molecule has 110 valence electrons. The van der Waals surface area contributed by atoms with Gasteiger partial charge < -0.3 is 9.84 Å². The molecule has 0 radical (unpaired) electrons. The molecule has 10 nitrogen and oxygen atoms in total. The predicted molar refractivity (Wildman–Crippen MR) is 67.5 cm³/mol. The average Bonchev–Trinajstić information content (AvgIpc) is 2.30. The van der Waals surface area contributed by atoms with Crippen molar-refractivity contribution in [2.24, 2.45) is 0 Å². The summed E-state index contributed by atoms with van der Waals surface area (Å²) in [5, 5.41) is 20.0. The fourth-order valence-corrected chi connectivity index (χ4v) is 1.94. The van der Waals surface area contributed by atoms with Crippen molar-refractivity contribution in [3.63, 3.8) is 0 Å². The van der Waals surface area contributed by atoms with Crippen LogP contribution in [0.5, 0.6) is 5.75 Å². The maximum absolute atomic E-state index is 11.5. The van der Waals surface area contributed by atoms with Crippen LogP contribution in [0.15, 0.2) is 18.2 Å². The Labute approximate surface area is 113 Å². The molecule has 1 amide bonds. The second-order valence-corrected chi connectivity index (χ2v) is 4.80. The van der Waals surface area contributed by atoms with E-state index in [4.69, 9.17) is 0 Å². The molecule has 1 aromatic rings. The van der Waals surface area contributed by atoms with E-state index in [0.29, 0.717) is 0 Å². The van der Waals surface area contributed by atoms with Gasteiger partial charge in [-0.2, -0.15) is 8.42 Å². The fraction of sp³-hybridized carbons (Fsp3) is 0.222. The number of anilines is 1. The Kier molecular flexibility index (Phi) is 4.69. The smallest absolute Gasteiger partial charge is 0.422 e. The van der Waals surface area contributed by atoms with Gasteiger partial charge >= 0.3 is 16.3 Å². The van der Waals surface area contributed by atoms with Crippen LogP contribution in [-0.2, 0) is 14.9 Å². The first-order valence-electron chi connectivity index (χ1n) is 5.20. The van der Waals surface area contributed by atoms with Crippen molar-refractivity contribution in [2.45, 2.75) is 6.92 Å². The molecule has 0 bridgehead atoms. The lowest BCUT2D eigenvalue weighted by atomic mass is 10.2.